The Kier molecular flexibility index (Phi) is 5.80. The molecule has 7 nitrogen and oxygen atoms in total. The van der Waals surface area contributed by atoms with Gasteiger partial charge in [0.15, 0.2) is 6.61 Å². The summed E-state index contributed by atoms with van der Waals surface area (Å²) in [6.07, 6.45) is 1.47. The van der Waals surface area contributed by atoms with E-state index >= 15 is 0 Å². The molecule has 0 bridgehead atoms. The van der Waals surface area contributed by atoms with Gasteiger partial charge >= 0.3 is 0 Å². The first-order valence-electron chi connectivity index (χ1n) is 8.66. The number of methoxy groups -OCH3 is 2. The average molecular weight is 370 g/mol. The molecule has 1 N–H and O–H groups in total. The lowest BCUT2D eigenvalue weighted by Gasteiger charge is -2.16. The van der Waals surface area contributed by atoms with Gasteiger partial charge in [0.05, 0.1) is 19.9 Å². The molecule has 7 heteroatoms. The van der Waals surface area contributed by atoms with Crippen LogP contribution in [0.15, 0.2) is 42.5 Å². The van der Waals surface area contributed by atoms with Crippen molar-refractivity contribution in [3.63, 3.8) is 0 Å². The molecule has 1 fully saturated rings. The van der Waals surface area contributed by atoms with Crippen molar-refractivity contribution in [1.82, 2.24) is 0 Å². The third-order valence-electron chi connectivity index (χ3n) is 4.27. The van der Waals surface area contributed by atoms with E-state index in [1.807, 2.05) is 12.1 Å². The summed E-state index contributed by atoms with van der Waals surface area (Å²) in [6.45, 7) is 0.589. The number of rotatable bonds is 7. The lowest BCUT2D eigenvalue weighted by molar-refractivity contribution is -0.118. The van der Waals surface area contributed by atoms with Crippen molar-refractivity contribution in [2.24, 2.45) is 0 Å². The molecule has 1 saturated heterocycles. The average Bonchev–Trinajstić information content (AvgIpc) is 3.12. The second-order valence-electron chi connectivity index (χ2n) is 6.05. The van der Waals surface area contributed by atoms with Gasteiger partial charge < -0.3 is 24.4 Å². The van der Waals surface area contributed by atoms with E-state index in [1.54, 1.807) is 42.3 Å². The summed E-state index contributed by atoms with van der Waals surface area (Å²) in [6, 6.07) is 12.3. The van der Waals surface area contributed by atoms with Crippen LogP contribution in [0.25, 0.3) is 0 Å². The monoisotopic (exact) mass is 370 g/mol. The predicted octanol–water partition coefficient (Wildman–Crippen LogP) is 2.85. The fourth-order valence-electron chi connectivity index (χ4n) is 2.89. The lowest BCUT2D eigenvalue weighted by atomic mass is 10.2. The molecule has 0 aliphatic carbocycles. The Labute approximate surface area is 157 Å². The van der Waals surface area contributed by atoms with E-state index in [-0.39, 0.29) is 18.4 Å². The van der Waals surface area contributed by atoms with Crippen LogP contribution in [0.4, 0.5) is 11.4 Å². The van der Waals surface area contributed by atoms with E-state index in [4.69, 9.17) is 14.2 Å². The molecular formula is C20H22N2O5. The highest BCUT2D eigenvalue weighted by Crippen LogP contribution is 2.29. The highest BCUT2D eigenvalue weighted by molar-refractivity contribution is 5.95. The summed E-state index contributed by atoms with van der Waals surface area (Å²) in [5.41, 5.74) is 1.35. The van der Waals surface area contributed by atoms with Crippen molar-refractivity contribution >= 4 is 23.2 Å². The van der Waals surface area contributed by atoms with E-state index < -0.39 is 0 Å². The summed E-state index contributed by atoms with van der Waals surface area (Å²) < 4.78 is 15.9. The molecule has 2 amide bonds. The number of nitrogens with zero attached hydrogens (tertiary/aromatic N) is 1. The minimum atomic E-state index is -0.319. The largest absolute Gasteiger partial charge is 0.497 e. The van der Waals surface area contributed by atoms with Crippen LogP contribution in [0.3, 0.4) is 0 Å². The molecule has 1 heterocycles. The topological polar surface area (TPSA) is 77.1 Å². The number of benzene rings is 2. The normalized spacial score (nSPS) is 13.4. The van der Waals surface area contributed by atoms with Gasteiger partial charge in [-0.05, 0) is 42.8 Å². The second-order valence-corrected chi connectivity index (χ2v) is 6.05. The van der Waals surface area contributed by atoms with Crippen molar-refractivity contribution in [3.8, 4) is 17.2 Å². The van der Waals surface area contributed by atoms with Gasteiger partial charge in [-0.2, -0.15) is 0 Å². The molecule has 2 aromatic rings. The van der Waals surface area contributed by atoms with E-state index in [0.29, 0.717) is 29.4 Å². The standard InChI is InChI=1S/C20H22N2O5/c1-25-16-9-10-18(26-2)17(12-16)21-19(23)13-27-15-7-5-14(6-8-15)22-11-3-4-20(22)24/h5-10,12H,3-4,11,13H2,1-2H3,(H,21,23). The number of carbonyl (C=O) groups excluding carboxylic acids is 2. The van der Waals surface area contributed by atoms with Gasteiger partial charge in [0.1, 0.15) is 17.2 Å². The highest BCUT2D eigenvalue weighted by Gasteiger charge is 2.21. The molecule has 0 unspecified atom stereocenters. The molecule has 0 spiro atoms. The SMILES string of the molecule is COc1ccc(OC)c(NC(=O)COc2ccc(N3CCCC3=O)cc2)c1. The van der Waals surface area contributed by atoms with Crippen LogP contribution in [-0.2, 0) is 9.59 Å². The van der Waals surface area contributed by atoms with Crippen LogP contribution >= 0.6 is 0 Å². The van der Waals surface area contributed by atoms with E-state index in [2.05, 4.69) is 5.32 Å². The highest BCUT2D eigenvalue weighted by atomic mass is 16.5. The Balaban J connectivity index is 1.57. The van der Waals surface area contributed by atoms with Crippen LogP contribution in [-0.4, -0.2) is 39.2 Å². The number of nitrogens with one attached hydrogen (secondary N) is 1. The molecule has 0 radical (unpaired) electrons. The predicted molar refractivity (Wildman–Crippen MR) is 102 cm³/mol. The summed E-state index contributed by atoms with van der Waals surface area (Å²) in [5, 5.41) is 2.75. The molecule has 1 aliphatic rings. The summed E-state index contributed by atoms with van der Waals surface area (Å²) in [5.74, 6) is 1.51. The van der Waals surface area contributed by atoms with Crippen LogP contribution in [0, 0.1) is 0 Å². The number of anilines is 2. The van der Waals surface area contributed by atoms with E-state index in [9.17, 15) is 9.59 Å². The third-order valence-corrected chi connectivity index (χ3v) is 4.27. The molecule has 142 valence electrons. The number of hydrogen-bond donors (Lipinski definition) is 1. The number of carbonyl (C=O) groups is 2. The second kappa shape index (κ2) is 8.44. The number of ether oxygens (including phenoxy) is 3. The van der Waals surface area contributed by atoms with Crippen LogP contribution < -0.4 is 24.4 Å². The Hall–Kier alpha value is -3.22. The summed E-state index contributed by atoms with van der Waals surface area (Å²) >= 11 is 0. The van der Waals surface area contributed by atoms with Crippen LogP contribution in [0.5, 0.6) is 17.2 Å². The van der Waals surface area contributed by atoms with Gasteiger partial charge in [-0.15, -0.1) is 0 Å². The van der Waals surface area contributed by atoms with Gasteiger partial charge in [0.25, 0.3) is 5.91 Å². The Morgan fingerprint density at radius 3 is 2.44 bits per heavy atom. The molecule has 0 atom stereocenters. The fraction of sp³-hybridized carbons (Fsp3) is 0.300. The maximum absolute atomic E-state index is 12.2. The van der Waals surface area contributed by atoms with Crippen molar-refractivity contribution < 1.29 is 23.8 Å². The summed E-state index contributed by atoms with van der Waals surface area (Å²) in [7, 11) is 3.08. The zero-order valence-corrected chi connectivity index (χ0v) is 15.4. The lowest BCUT2D eigenvalue weighted by Crippen LogP contribution is -2.23. The van der Waals surface area contributed by atoms with Crippen molar-refractivity contribution in [2.75, 3.05) is 37.6 Å². The van der Waals surface area contributed by atoms with Crippen molar-refractivity contribution in [3.05, 3.63) is 42.5 Å². The molecule has 3 rings (SSSR count). The van der Waals surface area contributed by atoms with Gasteiger partial charge in [0, 0.05) is 24.7 Å². The Morgan fingerprint density at radius 1 is 1.07 bits per heavy atom. The molecule has 27 heavy (non-hydrogen) atoms. The first-order valence-corrected chi connectivity index (χ1v) is 8.66. The molecule has 2 aromatic carbocycles. The maximum Gasteiger partial charge on any atom is 0.262 e. The molecular weight excluding hydrogens is 348 g/mol. The minimum absolute atomic E-state index is 0.135. The van der Waals surface area contributed by atoms with Gasteiger partial charge in [-0.1, -0.05) is 0 Å². The van der Waals surface area contributed by atoms with Gasteiger partial charge in [0.2, 0.25) is 5.91 Å². The maximum atomic E-state index is 12.2. The van der Waals surface area contributed by atoms with E-state index in [0.717, 1.165) is 18.7 Å². The third kappa shape index (κ3) is 4.49. The zero-order valence-electron chi connectivity index (χ0n) is 15.4. The first-order chi connectivity index (χ1) is 13.1. The smallest absolute Gasteiger partial charge is 0.262 e. The van der Waals surface area contributed by atoms with E-state index in [1.165, 1.54) is 7.11 Å². The molecule has 0 aromatic heterocycles. The quantitative estimate of drug-likeness (QED) is 0.811. The van der Waals surface area contributed by atoms with Crippen LogP contribution in [0.2, 0.25) is 0 Å². The van der Waals surface area contributed by atoms with Crippen molar-refractivity contribution in [1.29, 1.82) is 0 Å². The first kappa shape index (κ1) is 18.6. The van der Waals surface area contributed by atoms with Gasteiger partial charge in [-0.25, -0.2) is 0 Å². The number of hydrogen-bond acceptors (Lipinski definition) is 5. The minimum Gasteiger partial charge on any atom is -0.497 e. The molecule has 0 saturated carbocycles. The Morgan fingerprint density at radius 2 is 1.81 bits per heavy atom. The van der Waals surface area contributed by atoms with Crippen LogP contribution in [0.1, 0.15) is 12.8 Å². The van der Waals surface area contributed by atoms with Crippen molar-refractivity contribution in [2.45, 2.75) is 12.8 Å². The molecule has 1 aliphatic heterocycles. The Bertz CT molecular complexity index is 820. The zero-order chi connectivity index (χ0) is 19.2. The van der Waals surface area contributed by atoms with Gasteiger partial charge in [-0.3, -0.25) is 9.59 Å². The fourth-order valence-corrected chi connectivity index (χ4v) is 2.89. The summed E-state index contributed by atoms with van der Waals surface area (Å²) in [4.78, 5) is 25.7. The number of amides is 2.